The van der Waals surface area contributed by atoms with Gasteiger partial charge in [-0.05, 0) is 84.5 Å². The SMILES string of the molecule is COC(=O)N[C@@H](C(=O)N1CCC[C@H]1c1ncc(-c2ccc(-c3ccc4cc(-c5c[nH]c([C@@H]6CCCN6C(=O)[C@@H](NC=O)C6CCOCC6)n5)ccc4c3)c(F)c2)[nH]1)c1ccccc1. The van der Waals surface area contributed by atoms with Crippen molar-refractivity contribution in [2.45, 2.75) is 62.7 Å². The Kier molecular flexibility index (Phi) is 12.0. The number of amides is 4. The molecule has 0 unspecified atom stereocenters. The predicted octanol–water partition coefficient (Wildman–Crippen LogP) is 7.39. The van der Waals surface area contributed by atoms with E-state index in [4.69, 9.17) is 14.5 Å². The Hall–Kier alpha value is -6.87. The van der Waals surface area contributed by atoms with Gasteiger partial charge in [-0.2, -0.15) is 0 Å². The van der Waals surface area contributed by atoms with E-state index in [9.17, 15) is 19.2 Å². The minimum Gasteiger partial charge on any atom is -0.453 e. The van der Waals surface area contributed by atoms with Crippen molar-refractivity contribution in [1.29, 1.82) is 0 Å². The average Bonchev–Trinajstić information content (AvgIpc) is 4.17. The molecular weight excluding hydrogens is 804 g/mol. The Morgan fingerprint density at radius 1 is 0.841 bits per heavy atom. The Bertz CT molecular complexity index is 2630. The van der Waals surface area contributed by atoms with Gasteiger partial charge in [0.2, 0.25) is 12.3 Å². The average molecular weight is 853 g/mol. The molecule has 0 saturated carbocycles. The molecule has 4 N–H and O–H groups in total. The summed E-state index contributed by atoms with van der Waals surface area (Å²) in [4.78, 5) is 71.3. The largest absolute Gasteiger partial charge is 0.453 e. The fourth-order valence-corrected chi connectivity index (χ4v) is 9.41. The highest BCUT2D eigenvalue weighted by atomic mass is 19.1. The van der Waals surface area contributed by atoms with Crippen LogP contribution in [0.5, 0.6) is 0 Å². The normalized spacial score (nSPS) is 18.9. The van der Waals surface area contributed by atoms with E-state index in [0.29, 0.717) is 73.2 Å². The molecule has 5 heterocycles. The maximum atomic E-state index is 16.0. The maximum Gasteiger partial charge on any atom is 0.407 e. The van der Waals surface area contributed by atoms with Crippen molar-refractivity contribution in [1.82, 2.24) is 40.4 Å². The second kappa shape index (κ2) is 18.2. The molecule has 63 heavy (non-hydrogen) atoms. The van der Waals surface area contributed by atoms with Gasteiger partial charge in [-0.15, -0.1) is 0 Å². The summed E-state index contributed by atoms with van der Waals surface area (Å²) in [6, 6.07) is 23.9. The van der Waals surface area contributed by atoms with Crippen LogP contribution in [0, 0.1) is 11.7 Å². The number of methoxy groups -OCH3 is 1. The first-order chi connectivity index (χ1) is 30.8. The molecule has 15 heteroatoms. The summed E-state index contributed by atoms with van der Waals surface area (Å²) in [6.45, 7) is 2.26. The fraction of sp³-hybridized carbons (Fsp3) is 0.333. The van der Waals surface area contributed by atoms with E-state index in [0.717, 1.165) is 59.7 Å². The smallest absolute Gasteiger partial charge is 0.407 e. The van der Waals surface area contributed by atoms with Crippen molar-refractivity contribution in [3.8, 4) is 33.6 Å². The molecule has 4 amide bonds. The van der Waals surface area contributed by atoms with Crippen LogP contribution in [0.4, 0.5) is 9.18 Å². The molecule has 0 spiro atoms. The zero-order valence-corrected chi connectivity index (χ0v) is 34.9. The van der Waals surface area contributed by atoms with Gasteiger partial charge in [0, 0.05) is 49.2 Å². The lowest BCUT2D eigenvalue weighted by atomic mass is 9.90. The van der Waals surface area contributed by atoms with Gasteiger partial charge in [-0.3, -0.25) is 14.4 Å². The van der Waals surface area contributed by atoms with Crippen LogP contribution in [0.25, 0.3) is 44.4 Å². The van der Waals surface area contributed by atoms with Crippen LogP contribution in [-0.2, 0) is 23.9 Å². The molecule has 4 aromatic carbocycles. The molecule has 14 nitrogen and oxygen atoms in total. The van der Waals surface area contributed by atoms with Gasteiger partial charge in [0.05, 0.1) is 36.8 Å². The number of carbonyl (C=O) groups excluding carboxylic acids is 4. The summed E-state index contributed by atoms with van der Waals surface area (Å²) in [7, 11) is 1.26. The predicted molar refractivity (Wildman–Crippen MR) is 233 cm³/mol. The molecule has 3 aliphatic heterocycles. The highest BCUT2D eigenvalue weighted by Crippen LogP contribution is 2.37. The highest BCUT2D eigenvalue weighted by Gasteiger charge is 2.40. The van der Waals surface area contributed by atoms with Gasteiger partial charge in [0.15, 0.2) is 0 Å². The van der Waals surface area contributed by atoms with E-state index in [1.807, 2.05) is 65.7 Å². The Labute approximate surface area is 363 Å². The molecule has 9 rings (SSSR count). The molecule has 0 radical (unpaired) electrons. The molecular formula is C48H49FN8O6. The van der Waals surface area contributed by atoms with Crippen molar-refractivity contribution in [2.24, 2.45) is 5.92 Å². The number of carbonyl (C=O) groups is 4. The lowest BCUT2D eigenvalue weighted by Gasteiger charge is -2.33. The lowest BCUT2D eigenvalue weighted by Crippen LogP contribution is -2.51. The minimum atomic E-state index is -0.930. The van der Waals surface area contributed by atoms with Gasteiger partial charge < -0.3 is 39.9 Å². The monoisotopic (exact) mass is 852 g/mol. The molecule has 324 valence electrons. The Balaban J connectivity index is 0.885. The van der Waals surface area contributed by atoms with Crippen molar-refractivity contribution >= 4 is 35.1 Å². The third-order valence-corrected chi connectivity index (χ3v) is 12.7. The number of halogens is 1. The molecule has 6 aromatic rings. The summed E-state index contributed by atoms with van der Waals surface area (Å²) >= 11 is 0. The molecule has 3 aliphatic rings. The second-order valence-electron chi connectivity index (χ2n) is 16.4. The number of imidazole rings is 2. The Morgan fingerprint density at radius 3 is 2.24 bits per heavy atom. The van der Waals surface area contributed by atoms with E-state index in [-0.39, 0.29) is 35.6 Å². The summed E-state index contributed by atoms with van der Waals surface area (Å²) in [6.07, 6.45) is 7.95. The van der Waals surface area contributed by atoms with E-state index in [1.165, 1.54) is 13.2 Å². The first-order valence-electron chi connectivity index (χ1n) is 21.5. The third-order valence-electron chi connectivity index (χ3n) is 12.7. The first-order valence-corrected chi connectivity index (χ1v) is 21.5. The van der Waals surface area contributed by atoms with Crippen LogP contribution in [-0.4, -0.2) is 93.5 Å². The molecule has 0 aliphatic carbocycles. The topological polar surface area (TPSA) is 175 Å². The summed E-state index contributed by atoms with van der Waals surface area (Å²) < 4.78 is 26.3. The number of rotatable bonds is 12. The van der Waals surface area contributed by atoms with Crippen molar-refractivity contribution in [2.75, 3.05) is 33.4 Å². The van der Waals surface area contributed by atoms with Gasteiger partial charge in [-0.25, -0.2) is 19.2 Å². The zero-order chi connectivity index (χ0) is 43.5. The number of hydrogen-bond acceptors (Lipinski definition) is 8. The molecule has 3 saturated heterocycles. The molecule has 3 fully saturated rings. The summed E-state index contributed by atoms with van der Waals surface area (Å²) in [5, 5.41) is 7.39. The number of H-pyrrole nitrogens is 2. The number of nitrogens with zero attached hydrogens (tertiary/aromatic N) is 4. The van der Waals surface area contributed by atoms with E-state index in [1.54, 1.807) is 29.3 Å². The number of nitrogens with one attached hydrogen (secondary N) is 4. The molecule has 4 atom stereocenters. The van der Waals surface area contributed by atoms with Crippen LogP contribution < -0.4 is 10.6 Å². The van der Waals surface area contributed by atoms with E-state index < -0.39 is 18.2 Å². The fourth-order valence-electron chi connectivity index (χ4n) is 9.41. The van der Waals surface area contributed by atoms with Crippen LogP contribution in [0.1, 0.15) is 73.9 Å². The van der Waals surface area contributed by atoms with Crippen LogP contribution in [0.15, 0.2) is 97.3 Å². The van der Waals surface area contributed by atoms with Crippen LogP contribution >= 0.6 is 0 Å². The maximum absolute atomic E-state index is 16.0. The number of alkyl carbamates (subject to hydrolysis) is 1. The van der Waals surface area contributed by atoms with Gasteiger partial charge in [0.25, 0.3) is 5.91 Å². The highest BCUT2D eigenvalue weighted by molar-refractivity contribution is 5.91. The minimum absolute atomic E-state index is 0.0321. The second-order valence-corrected chi connectivity index (χ2v) is 16.4. The van der Waals surface area contributed by atoms with Crippen molar-refractivity contribution in [3.63, 3.8) is 0 Å². The van der Waals surface area contributed by atoms with E-state index in [2.05, 4.69) is 31.7 Å². The van der Waals surface area contributed by atoms with Crippen LogP contribution in [0.3, 0.4) is 0 Å². The molecule has 2 aromatic heterocycles. The number of aromatic nitrogens is 4. The molecule has 0 bridgehead atoms. The number of aromatic amines is 2. The standard InChI is InChI=1S/C48H49FN8O6/c1-62-48(61)55-43(29-7-3-2-4-8-29)47(60)57-20-6-10-41(57)45-51-27-39(54-45)35-15-16-36(37(49)25-35)33-13-11-32-24-34(14-12-31(32)23-33)38-26-50-44(53-38)40-9-5-19-56(40)46(59)42(52-28-58)30-17-21-63-22-18-30/h2-4,7-8,11-16,23-28,30,40-43H,5-6,9-10,17-22H2,1H3,(H,50,53)(H,51,54)(H,52,58)(H,55,61)/t40-,41-,42-,43+/m0/s1. The quantitative estimate of drug-likeness (QED) is 0.0923. The first kappa shape index (κ1) is 41.5. The summed E-state index contributed by atoms with van der Waals surface area (Å²) in [5.41, 5.74) is 4.73. The van der Waals surface area contributed by atoms with Crippen LogP contribution in [0.2, 0.25) is 0 Å². The summed E-state index contributed by atoms with van der Waals surface area (Å²) in [5.74, 6) is 0.598. The number of likely N-dealkylation sites (tertiary alicyclic amines) is 2. The van der Waals surface area contributed by atoms with Gasteiger partial charge in [0.1, 0.15) is 29.5 Å². The number of hydrogen-bond donors (Lipinski definition) is 4. The number of fused-ring (bicyclic) bond motifs is 1. The Morgan fingerprint density at radius 2 is 1.52 bits per heavy atom. The number of ether oxygens (including phenoxy) is 2. The number of benzene rings is 4. The lowest BCUT2D eigenvalue weighted by molar-refractivity contribution is -0.138. The van der Waals surface area contributed by atoms with Gasteiger partial charge >= 0.3 is 6.09 Å². The van der Waals surface area contributed by atoms with Gasteiger partial charge in [-0.1, -0.05) is 66.7 Å². The third kappa shape index (κ3) is 8.52. The van der Waals surface area contributed by atoms with Crippen molar-refractivity contribution < 1.29 is 33.0 Å². The van der Waals surface area contributed by atoms with E-state index >= 15 is 4.39 Å². The van der Waals surface area contributed by atoms with Crippen molar-refractivity contribution in [3.05, 3.63) is 120 Å². The zero-order valence-electron chi connectivity index (χ0n) is 34.9.